The third-order valence-electron chi connectivity index (χ3n) is 3.85. The molecule has 0 radical (unpaired) electrons. The Morgan fingerprint density at radius 2 is 1.50 bits per heavy atom. The van der Waals surface area contributed by atoms with Gasteiger partial charge in [0.05, 0.1) is 11.5 Å². The first-order valence-corrected chi connectivity index (χ1v) is 9.88. The van der Waals surface area contributed by atoms with Crippen LogP contribution in [0.3, 0.4) is 0 Å². The van der Waals surface area contributed by atoms with Crippen molar-refractivity contribution in [3.05, 3.63) is 76.5 Å². The van der Waals surface area contributed by atoms with Crippen LogP contribution in [0.25, 0.3) is 0 Å². The van der Waals surface area contributed by atoms with E-state index in [1.54, 1.807) is 54.6 Å². The molecule has 2 N–H and O–H groups in total. The maximum atomic E-state index is 12.4. The first-order valence-electron chi connectivity index (χ1n) is 9.00. The molecular weight excluding hydrogens is 372 g/mol. The average molecular weight is 394 g/mol. The van der Waals surface area contributed by atoms with Gasteiger partial charge in [-0.1, -0.05) is 19.9 Å². The van der Waals surface area contributed by atoms with E-state index in [0.717, 1.165) is 5.75 Å². The zero-order valence-corrected chi connectivity index (χ0v) is 16.6. The van der Waals surface area contributed by atoms with E-state index in [2.05, 4.69) is 24.5 Å². The van der Waals surface area contributed by atoms with Crippen LogP contribution in [0.2, 0.25) is 0 Å². The second-order valence-corrected chi connectivity index (χ2v) is 7.64. The van der Waals surface area contributed by atoms with Crippen LogP contribution in [-0.2, 0) is 0 Å². The summed E-state index contributed by atoms with van der Waals surface area (Å²) in [4.78, 5) is 25.1. The van der Waals surface area contributed by atoms with Crippen molar-refractivity contribution in [2.75, 3.05) is 17.2 Å². The van der Waals surface area contributed by atoms with E-state index in [0.29, 0.717) is 34.3 Å². The van der Waals surface area contributed by atoms with Crippen LogP contribution in [0.5, 0.6) is 5.75 Å². The van der Waals surface area contributed by atoms with Crippen LogP contribution >= 0.6 is 11.3 Å². The van der Waals surface area contributed by atoms with Gasteiger partial charge in [-0.2, -0.15) is 0 Å². The van der Waals surface area contributed by atoms with Gasteiger partial charge in [0.25, 0.3) is 11.8 Å². The lowest BCUT2D eigenvalue weighted by molar-refractivity contribution is 0.102. The molecule has 0 saturated heterocycles. The molecule has 0 unspecified atom stereocenters. The van der Waals surface area contributed by atoms with E-state index in [4.69, 9.17) is 4.74 Å². The number of nitrogens with one attached hydrogen (secondary N) is 2. The van der Waals surface area contributed by atoms with Crippen LogP contribution in [0.1, 0.15) is 33.9 Å². The fourth-order valence-electron chi connectivity index (χ4n) is 2.41. The molecule has 0 aliphatic rings. The number of thiophene rings is 1. The number of ether oxygens (including phenoxy) is 1. The predicted octanol–water partition coefficient (Wildman–Crippen LogP) is 5.29. The lowest BCUT2D eigenvalue weighted by Gasteiger charge is -2.10. The minimum absolute atomic E-state index is 0.147. The van der Waals surface area contributed by atoms with Gasteiger partial charge in [-0.25, -0.2) is 0 Å². The molecule has 28 heavy (non-hydrogen) atoms. The van der Waals surface area contributed by atoms with Gasteiger partial charge in [0.1, 0.15) is 5.75 Å². The Morgan fingerprint density at radius 3 is 2.04 bits per heavy atom. The third kappa shape index (κ3) is 5.44. The molecule has 0 aliphatic heterocycles. The van der Waals surface area contributed by atoms with E-state index in [9.17, 15) is 9.59 Å². The summed E-state index contributed by atoms with van der Waals surface area (Å²) in [6.45, 7) is 4.81. The summed E-state index contributed by atoms with van der Waals surface area (Å²) in [5, 5.41) is 7.53. The SMILES string of the molecule is CC(C)COc1ccc(C(=O)Nc2ccc(NC(=O)c3cccs3)cc2)cc1. The van der Waals surface area contributed by atoms with E-state index in [1.807, 2.05) is 11.4 Å². The zero-order valence-electron chi connectivity index (χ0n) is 15.8. The van der Waals surface area contributed by atoms with Gasteiger partial charge in [-0.3, -0.25) is 9.59 Å². The lowest BCUT2D eigenvalue weighted by atomic mass is 10.2. The van der Waals surface area contributed by atoms with Gasteiger partial charge in [0, 0.05) is 16.9 Å². The monoisotopic (exact) mass is 394 g/mol. The number of amides is 2. The fraction of sp³-hybridized carbons (Fsp3) is 0.182. The number of anilines is 2. The molecule has 6 heteroatoms. The van der Waals surface area contributed by atoms with Gasteiger partial charge < -0.3 is 15.4 Å². The predicted molar refractivity (Wildman–Crippen MR) is 113 cm³/mol. The van der Waals surface area contributed by atoms with Crippen LogP contribution in [0.15, 0.2) is 66.0 Å². The molecule has 0 aliphatic carbocycles. The molecule has 0 fully saturated rings. The van der Waals surface area contributed by atoms with Gasteiger partial charge in [0.2, 0.25) is 0 Å². The maximum absolute atomic E-state index is 12.4. The Morgan fingerprint density at radius 1 is 0.893 bits per heavy atom. The van der Waals surface area contributed by atoms with E-state index < -0.39 is 0 Å². The van der Waals surface area contributed by atoms with Crippen LogP contribution < -0.4 is 15.4 Å². The number of rotatable bonds is 7. The fourth-order valence-corrected chi connectivity index (χ4v) is 3.02. The lowest BCUT2D eigenvalue weighted by Crippen LogP contribution is -2.12. The van der Waals surface area contributed by atoms with Crippen LogP contribution in [0.4, 0.5) is 11.4 Å². The summed E-state index contributed by atoms with van der Waals surface area (Å²) in [5.74, 6) is 0.842. The number of carbonyl (C=O) groups excluding carboxylic acids is 2. The molecule has 5 nitrogen and oxygen atoms in total. The van der Waals surface area contributed by atoms with Crippen molar-refractivity contribution < 1.29 is 14.3 Å². The quantitative estimate of drug-likeness (QED) is 0.572. The van der Waals surface area contributed by atoms with Crippen molar-refractivity contribution in [2.24, 2.45) is 5.92 Å². The summed E-state index contributed by atoms with van der Waals surface area (Å²) < 4.78 is 5.63. The minimum Gasteiger partial charge on any atom is -0.493 e. The van der Waals surface area contributed by atoms with Crippen molar-refractivity contribution in [1.82, 2.24) is 0 Å². The Kier molecular flexibility index (Phi) is 6.45. The van der Waals surface area contributed by atoms with E-state index in [1.165, 1.54) is 11.3 Å². The molecular formula is C22H22N2O3S. The second-order valence-electron chi connectivity index (χ2n) is 6.69. The van der Waals surface area contributed by atoms with Gasteiger partial charge in [-0.05, 0) is 65.9 Å². The number of hydrogen-bond acceptors (Lipinski definition) is 4. The van der Waals surface area contributed by atoms with Crippen molar-refractivity contribution in [1.29, 1.82) is 0 Å². The number of benzene rings is 2. The Hall–Kier alpha value is -3.12. The summed E-state index contributed by atoms with van der Waals surface area (Å²) in [5.41, 5.74) is 1.87. The summed E-state index contributed by atoms with van der Waals surface area (Å²) in [6, 6.07) is 17.7. The first kappa shape index (κ1) is 19.6. The Labute approximate surface area is 168 Å². The molecule has 2 amide bonds. The zero-order chi connectivity index (χ0) is 19.9. The maximum Gasteiger partial charge on any atom is 0.265 e. The second kappa shape index (κ2) is 9.19. The highest BCUT2D eigenvalue weighted by atomic mass is 32.1. The molecule has 2 aromatic carbocycles. The number of hydrogen-bond donors (Lipinski definition) is 2. The molecule has 0 atom stereocenters. The molecule has 0 spiro atoms. The largest absolute Gasteiger partial charge is 0.493 e. The van der Waals surface area contributed by atoms with Crippen LogP contribution in [0, 0.1) is 5.92 Å². The molecule has 0 saturated carbocycles. The summed E-state index contributed by atoms with van der Waals surface area (Å²) >= 11 is 1.39. The summed E-state index contributed by atoms with van der Waals surface area (Å²) in [6.07, 6.45) is 0. The first-order chi connectivity index (χ1) is 13.5. The molecule has 1 heterocycles. The van der Waals surface area contributed by atoms with Crippen LogP contribution in [-0.4, -0.2) is 18.4 Å². The Balaban J connectivity index is 1.56. The van der Waals surface area contributed by atoms with E-state index in [-0.39, 0.29) is 11.8 Å². The topological polar surface area (TPSA) is 67.4 Å². The minimum atomic E-state index is -0.203. The van der Waals surface area contributed by atoms with Crippen molar-refractivity contribution in [2.45, 2.75) is 13.8 Å². The molecule has 1 aromatic heterocycles. The molecule has 0 bridgehead atoms. The van der Waals surface area contributed by atoms with Crippen molar-refractivity contribution >= 4 is 34.5 Å². The van der Waals surface area contributed by atoms with Crippen molar-refractivity contribution in [3.8, 4) is 5.75 Å². The smallest absolute Gasteiger partial charge is 0.265 e. The Bertz CT molecular complexity index is 917. The highest BCUT2D eigenvalue weighted by Gasteiger charge is 2.09. The van der Waals surface area contributed by atoms with Gasteiger partial charge in [0.15, 0.2) is 0 Å². The normalized spacial score (nSPS) is 10.5. The van der Waals surface area contributed by atoms with Gasteiger partial charge in [-0.15, -0.1) is 11.3 Å². The number of carbonyl (C=O) groups is 2. The summed E-state index contributed by atoms with van der Waals surface area (Å²) in [7, 11) is 0. The highest BCUT2D eigenvalue weighted by molar-refractivity contribution is 7.12. The molecule has 144 valence electrons. The average Bonchev–Trinajstić information content (AvgIpc) is 3.23. The van der Waals surface area contributed by atoms with Crippen molar-refractivity contribution in [3.63, 3.8) is 0 Å². The third-order valence-corrected chi connectivity index (χ3v) is 4.71. The van der Waals surface area contributed by atoms with E-state index >= 15 is 0 Å². The van der Waals surface area contributed by atoms with Gasteiger partial charge >= 0.3 is 0 Å². The highest BCUT2D eigenvalue weighted by Crippen LogP contribution is 2.18. The molecule has 3 aromatic rings. The standard InChI is InChI=1S/C22H22N2O3S/c1-15(2)14-27-19-11-5-16(6-12-19)21(25)23-17-7-9-18(10-8-17)24-22(26)20-4-3-13-28-20/h3-13,15H,14H2,1-2H3,(H,23,25)(H,24,26). The molecule has 3 rings (SSSR count).